The van der Waals surface area contributed by atoms with Gasteiger partial charge in [-0.05, 0) is 42.5 Å². The Morgan fingerprint density at radius 2 is 1.81 bits per heavy atom. The molecule has 5 nitrogen and oxygen atoms in total. The summed E-state index contributed by atoms with van der Waals surface area (Å²) >= 11 is 5.91. The highest BCUT2D eigenvalue weighted by molar-refractivity contribution is 6.33. The van der Waals surface area contributed by atoms with E-state index < -0.39 is 5.97 Å². The Hall–Kier alpha value is -2.53. The van der Waals surface area contributed by atoms with Crippen LogP contribution in [0.4, 0.5) is 11.4 Å². The second-order valence-corrected chi connectivity index (χ2v) is 4.67. The lowest BCUT2D eigenvalue weighted by Crippen LogP contribution is -2.12. The first-order valence-corrected chi connectivity index (χ1v) is 6.44. The SMILES string of the molecule is COC(=O)c1cc(NC(=O)c2ccc(N)cc2)ccc1Cl. The number of nitrogen functional groups attached to an aromatic ring is 1. The molecule has 6 heteroatoms. The van der Waals surface area contributed by atoms with E-state index in [4.69, 9.17) is 17.3 Å². The molecule has 0 aromatic heterocycles. The van der Waals surface area contributed by atoms with Crippen molar-refractivity contribution in [3.8, 4) is 0 Å². The number of hydrogen-bond donors (Lipinski definition) is 2. The van der Waals surface area contributed by atoms with E-state index in [1.165, 1.54) is 19.2 Å². The topological polar surface area (TPSA) is 81.4 Å². The van der Waals surface area contributed by atoms with Crippen LogP contribution in [0.15, 0.2) is 42.5 Å². The fraction of sp³-hybridized carbons (Fsp3) is 0.0667. The first kappa shape index (κ1) is 14.9. The van der Waals surface area contributed by atoms with Gasteiger partial charge in [0, 0.05) is 16.9 Å². The van der Waals surface area contributed by atoms with Crippen LogP contribution in [0, 0.1) is 0 Å². The maximum Gasteiger partial charge on any atom is 0.339 e. The van der Waals surface area contributed by atoms with Gasteiger partial charge < -0.3 is 15.8 Å². The summed E-state index contributed by atoms with van der Waals surface area (Å²) in [7, 11) is 1.26. The maximum atomic E-state index is 12.1. The molecule has 0 fully saturated rings. The molecule has 2 aromatic rings. The normalized spacial score (nSPS) is 10.0. The summed E-state index contributed by atoms with van der Waals surface area (Å²) in [6.45, 7) is 0. The first-order chi connectivity index (χ1) is 10.0. The van der Waals surface area contributed by atoms with Gasteiger partial charge in [-0.25, -0.2) is 4.79 Å². The number of nitrogens with one attached hydrogen (secondary N) is 1. The average molecular weight is 305 g/mol. The zero-order chi connectivity index (χ0) is 15.4. The van der Waals surface area contributed by atoms with Crippen molar-refractivity contribution in [2.45, 2.75) is 0 Å². The van der Waals surface area contributed by atoms with E-state index in [1.807, 2.05) is 0 Å². The number of carbonyl (C=O) groups is 2. The van der Waals surface area contributed by atoms with Gasteiger partial charge in [-0.3, -0.25) is 4.79 Å². The predicted molar refractivity (Wildman–Crippen MR) is 81.6 cm³/mol. The maximum absolute atomic E-state index is 12.1. The van der Waals surface area contributed by atoms with Gasteiger partial charge in [-0.1, -0.05) is 11.6 Å². The summed E-state index contributed by atoms with van der Waals surface area (Å²) in [6, 6.07) is 11.1. The van der Waals surface area contributed by atoms with Gasteiger partial charge in [0.15, 0.2) is 0 Å². The van der Waals surface area contributed by atoms with Gasteiger partial charge in [-0.15, -0.1) is 0 Å². The molecule has 1 amide bonds. The Morgan fingerprint density at radius 1 is 1.14 bits per heavy atom. The minimum absolute atomic E-state index is 0.189. The molecule has 0 bridgehead atoms. The van der Waals surface area contributed by atoms with Gasteiger partial charge in [0.2, 0.25) is 0 Å². The van der Waals surface area contributed by atoms with Crippen LogP contribution in [0.25, 0.3) is 0 Å². The van der Waals surface area contributed by atoms with Gasteiger partial charge >= 0.3 is 5.97 Å². The quantitative estimate of drug-likeness (QED) is 0.674. The van der Waals surface area contributed by atoms with Crippen LogP contribution in [0.1, 0.15) is 20.7 Å². The molecule has 0 saturated carbocycles. The molecule has 0 aliphatic heterocycles. The van der Waals surface area contributed by atoms with Crippen LogP contribution < -0.4 is 11.1 Å². The molecule has 0 saturated heterocycles. The second-order valence-electron chi connectivity index (χ2n) is 4.26. The summed E-state index contributed by atoms with van der Waals surface area (Å²) in [5.41, 5.74) is 7.23. The molecule has 2 rings (SSSR count). The Bertz CT molecular complexity index is 684. The number of hydrogen-bond acceptors (Lipinski definition) is 4. The molecule has 0 unspecified atom stereocenters. The summed E-state index contributed by atoms with van der Waals surface area (Å²) in [5, 5.41) is 2.93. The molecule has 0 radical (unpaired) electrons. The van der Waals surface area contributed by atoms with Gasteiger partial charge in [0.05, 0.1) is 17.7 Å². The van der Waals surface area contributed by atoms with E-state index in [2.05, 4.69) is 10.1 Å². The highest BCUT2D eigenvalue weighted by Gasteiger charge is 2.13. The third-order valence-corrected chi connectivity index (χ3v) is 3.13. The number of rotatable bonds is 3. The standard InChI is InChI=1S/C15H13ClN2O3/c1-21-15(20)12-8-11(6-7-13(12)16)18-14(19)9-2-4-10(17)5-3-9/h2-8H,17H2,1H3,(H,18,19). The van der Waals surface area contributed by atoms with Crippen molar-refractivity contribution >= 4 is 34.9 Å². The summed E-state index contributed by atoms with van der Waals surface area (Å²) in [4.78, 5) is 23.6. The van der Waals surface area contributed by atoms with Crippen molar-refractivity contribution in [3.63, 3.8) is 0 Å². The van der Waals surface area contributed by atoms with E-state index in [1.54, 1.807) is 30.3 Å². The number of nitrogens with two attached hydrogens (primary N) is 1. The number of halogens is 1. The summed E-state index contributed by atoms with van der Waals surface area (Å²) in [6.07, 6.45) is 0. The number of carbonyl (C=O) groups excluding carboxylic acids is 2. The predicted octanol–water partition coefficient (Wildman–Crippen LogP) is 2.96. The Kier molecular flexibility index (Phi) is 4.45. The molecule has 0 heterocycles. The fourth-order valence-corrected chi connectivity index (χ4v) is 1.90. The zero-order valence-corrected chi connectivity index (χ0v) is 12.0. The zero-order valence-electron chi connectivity index (χ0n) is 11.2. The van der Waals surface area contributed by atoms with Crippen LogP contribution >= 0.6 is 11.6 Å². The number of amides is 1. The smallest absolute Gasteiger partial charge is 0.339 e. The van der Waals surface area contributed by atoms with E-state index >= 15 is 0 Å². The van der Waals surface area contributed by atoms with Crippen molar-refractivity contribution < 1.29 is 14.3 Å². The second kappa shape index (κ2) is 6.28. The highest BCUT2D eigenvalue weighted by Crippen LogP contribution is 2.22. The first-order valence-electron chi connectivity index (χ1n) is 6.06. The largest absolute Gasteiger partial charge is 0.465 e. The van der Waals surface area contributed by atoms with Crippen molar-refractivity contribution in [3.05, 3.63) is 58.6 Å². The molecule has 0 aliphatic carbocycles. The van der Waals surface area contributed by atoms with Crippen LogP contribution in [0.3, 0.4) is 0 Å². The number of benzene rings is 2. The highest BCUT2D eigenvalue weighted by atomic mass is 35.5. The average Bonchev–Trinajstić information content (AvgIpc) is 2.49. The number of methoxy groups -OCH3 is 1. The Labute approximate surface area is 126 Å². The van der Waals surface area contributed by atoms with Gasteiger partial charge in [0.1, 0.15) is 0 Å². The van der Waals surface area contributed by atoms with Crippen LogP contribution in [0.2, 0.25) is 5.02 Å². The number of ether oxygens (including phenoxy) is 1. The lowest BCUT2D eigenvalue weighted by atomic mass is 10.1. The lowest BCUT2D eigenvalue weighted by Gasteiger charge is -2.08. The molecule has 21 heavy (non-hydrogen) atoms. The molecule has 0 atom stereocenters. The van der Waals surface area contributed by atoms with Crippen molar-refractivity contribution in [2.75, 3.05) is 18.2 Å². The van der Waals surface area contributed by atoms with Crippen LogP contribution in [0.5, 0.6) is 0 Å². The van der Waals surface area contributed by atoms with Crippen molar-refractivity contribution in [1.29, 1.82) is 0 Å². The molecule has 0 spiro atoms. The minimum Gasteiger partial charge on any atom is -0.465 e. The van der Waals surface area contributed by atoms with Crippen molar-refractivity contribution in [2.24, 2.45) is 0 Å². The Balaban J connectivity index is 2.21. The summed E-state index contributed by atoms with van der Waals surface area (Å²) < 4.78 is 4.62. The monoisotopic (exact) mass is 304 g/mol. The Morgan fingerprint density at radius 3 is 2.43 bits per heavy atom. The van der Waals surface area contributed by atoms with E-state index in [-0.39, 0.29) is 16.5 Å². The number of esters is 1. The fourth-order valence-electron chi connectivity index (χ4n) is 1.71. The van der Waals surface area contributed by atoms with Gasteiger partial charge in [-0.2, -0.15) is 0 Å². The third kappa shape index (κ3) is 3.52. The molecule has 108 valence electrons. The molecular formula is C15H13ClN2O3. The summed E-state index contributed by atoms with van der Waals surface area (Å²) in [5.74, 6) is -0.878. The molecule has 3 N–H and O–H groups in total. The molecule has 2 aromatic carbocycles. The van der Waals surface area contributed by atoms with E-state index in [0.717, 1.165) is 0 Å². The van der Waals surface area contributed by atoms with Crippen LogP contribution in [-0.2, 0) is 4.74 Å². The van der Waals surface area contributed by atoms with Crippen molar-refractivity contribution in [1.82, 2.24) is 0 Å². The van der Waals surface area contributed by atoms with Crippen LogP contribution in [-0.4, -0.2) is 19.0 Å². The van der Waals surface area contributed by atoms with E-state index in [0.29, 0.717) is 16.9 Å². The minimum atomic E-state index is -0.566. The lowest BCUT2D eigenvalue weighted by molar-refractivity contribution is 0.0600. The van der Waals surface area contributed by atoms with E-state index in [9.17, 15) is 9.59 Å². The molecular weight excluding hydrogens is 292 g/mol. The third-order valence-electron chi connectivity index (χ3n) is 2.80. The number of anilines is 2. The molecule has 0 aliphatic rings. The van der Waals surface area contributed by atoms with Gasteiger partial charge in [0.25, 0.3) is 5.91 Å².